The molecule has 0 amide bonds. The van der Waals surface area contributed by atoms with E-state index in [-0.39, 0.29) is 11.8 Å². The second-order valence-electron chi connectivity index (χ2n) is 13.9. The minimum absolute atomic E-state index is 0.175. The standard InChI is InChI=1S/C49H32N2/c1-2-10-31(11-3-1)34-22-24-40-43(28-34)45-30-50-27-26-42(45)49(40)33-20-18-32(19-21-33)48-39-15-5-4-12-36(39)44-29-35(23-25-41(44)48)51-46-16-8-6-13-37(46)38-14-7-9-17-47(38)51/h1-30,48-49H. The molecule has 2 aliphatic rings. The summed E-state index contributed by atoms with van der Waals surface area (Å²) in [5, 5.41) is 2.57. The molecule has 0 fully saturated rings. The van der Waals surface area contributed by atoms with Gasteiger partial charge < -0.3 is 4.57 Å². The van der Waals surface area contributed by atoms with Gasteiger partial charge in [0.25, 0.3) is 0 Å². The molecule has 2 heteroatoms. The highest BCUT2D eigenvalue weighted by molar-refractivity contribution is 6.09. The average Bonchev–Trinajstić information content (AvgIpc) is 3.84. The molecule has 0 aliphatic heterocycles. The molecule has 0 saturated heterocycles. The van der Waals surface area contributed by atoms with Gasteiger partial charge in [-0.3, -0.25) is 4.98 Å². The van der Waals surface area contributed by atoms with Crippen LogP contribution >= 0.6 is 0 Å². The zero-order valence-electron chi connectivity index (χ0n) is 27.9. The topological polar surface area (TPSA) is 17.8 Å². The van der Waals surface area contributed by atoms with Gasteiger partial charge in [0.05, 0.1) is 11.0 Å². The van der Waals surface area contributed by atoms with Crippen molar-refractivity contribution < 1.29 is 0 Å². The van der Waals surface area contributed by atoms with Crippen LogP contribution in [0.4, 0.5) is 0 Å². The Labute approximate surface area is 296 Å². The van der Waals surface area contributed by atoms with E-state index in [9.17, 15) is 0 Å². The van der Waals surface area contributed by atoms with Crippen molar-refractivity contribution in [3.8, 4) is 39.1 Å². The van der Waals surface area contributed by atoms with Crippen LogP contribution in [0.2, 0.25) is 0 Å². The molecule has 2 unspecified atom stereocenters. The second-order valence-corrected chi connectivity index (χ2v) is 13.9. The minimum atomic E-state index is 0.175. The average molecular weight is 649 g/mol. The van der Waals surface area contributed by atoms with Crippen LogP contribution in [-0.4, -0.2) is 9.55 Å². The number of aromatic nitrogens is 2. The van der Waals surface area contributed by atoms with Crippen LogP contribution in [0.15, 0.2) is 182 Å². The summed E-state index contributed by atoms with van der Waals surface area (Å²) in [5.74, 6) is 0.354. The van der Waals surface area contributed by atoms with E-state index >= 15 is 0 Å². The van der Waals surface area contributed by atoms with E-state index < -0.39 is 0 Å². The normalized spacial score (nSPS) is 15.5. The van der Waals surface area contributed by atoms with Crippen LogP contribution in [0, 0.1) is 0 Å². The lowest BCUT2D eigenvalue weighted by Crippen LogP contribution is -2.03. The molecule has 2 heterocycles. The van der Waals surface area contributed by atoms with Crippen molar-refractivity contribution in [3.63, 3.8) is 0 Å². The molecule has 0 spiro atoms. The highest BCUT2D eigenvalue weighted by atomic mass is 15.0. The summed E-state index contributed by atoms with van der Waals surface area (Å²) in [6.45, 7) is 0. The van der Waals surface area contributed by atoms with E-state index in [1.165, 1.54) is 94.3 Å². The van der Waals surface area contributed by atoms with Crippen LogP contribution in [0.25, 0.3) is 60.9 Å². The molecule has 0 bridgehead atoms. The number of rotatable bonds is 4. The molecular weight excluding hydrogens is 617 g/mol. The molecule has 0 saturated carbocycles. The van der Waals surface area contributed by atoms with Crippen LogP contribution in [0.3, 0.4) is 0 Å². The van der Waals surface area contributed by atoms with Gasteiger partial charge in [-0.05, 0) is 97.6 Å². The molecule has 2 aliphatic carbocycles. The van der Waals surface area contributed by atoms with Crippen molar-refractivity contribution in [3.05, 3.63) is 216 Å². The van der Waals surface area contributed by atoms with Gasteiger partial charge in [0.15, 0.2) is 0 Å². The fourth-order valence-corrected chi connectivity index (χ4v) is 9.03. The van der Waals surface area contributed by atoms with Crippen LogP contribution in [-0.2, 0) is 0 Å². The van der Waals surface area contributed by atoms with Crippen LogP contribution < -0.4 is 0 Å². The summed E-state index contributed by atoms with van der Waals surface area (Å²) < 4.78 is 2.42. The van der Waals surface area contributed by atoms with Crippen molar-refractivity contribution in [1.29, 1.82) is 0 Å². The molecule has 11 rings (SSSR count). The van der Waals surface area contributed by atoms with E-state index in [0.29, 0.717) is 0 Å². The van der Waals surface area contributed by atoms with Gasteiger partial charge in [-0.15, -0.1) is 0 Å². The Morgan fingerprint density at radius 3 is 1.69 bits per heavy atom. The second kappa shape index (κ2) is 11.0. The SMILES string of the molecule is c1ccc(-c2ccc3c(c2)-c2cnccc2C3c2ccc(C3c4ccccc4-c4cc(-n5c6ccccc6c6ccccc65)ccc43)cc2)cc1. The first kappa shape index (κ1) is 28.3. The zero-order chi connectivity index (χ0) is 33.5. The fraction of sp³-hybridized carbons (Fsp3) is 0.0408. The largest absolute Gasteiger partial charge is 0.309 e. The number of hydrogen-bond donors (Lipinski definition) is 0. The predicted molar refractivity (Wildman–Crippen MR) is 210 cm³/mol. The summed E-state index contributed by atoms with van der Waals surface area (Å²) in [4.78, 5) is 4.55. The lowest BCUT2D eigenvalue weighted by atomic mass is 9.85. The van der Waals surface area contributed by atoms with Crippen molar-refractivity contribution in [2.45, 2.75) is 11.8 Å². The highest BCUT2D eigenvalue weighted by Crippen LogP contribution is 2.51. The smallest absolute Gasteiger partial charge is 0.0541 e. The first-order chi connectivity index (χ1) is 25.3. The lowest BCUT2D eigenvalue weighted by Gasteiger charge is -2.18. The summed E-state index contributed by atoms with van der Waals surface area (Å²) in [6.07, 6.45) is 3.97. The minimum Gasteiger partial charge on any atom is -0.309 e. The molecule has 2 aromatic heterocycles. The molecule has 2 atom stereocenters. The van der Waals surface area contributed by atoms with Gasteiger partial charge >= 0.3 is 0 Å². The highest BCUT2D eigenvalue weighted by Gasteiger charge is 2.33. The third-order valence-electron chi connectivity index (χ3n) is 11.3. The number of pyridine rings is 1. The van der Waals surface area contributed by atoms with E-state index in [2.05, 4.69) is 179 Å². The van der Waals surface area contributed by atoms with Crippen LogP contribution in [0.5, 0.6) is 0 Å². The van der Waals surface area contributed by atoms with Gasteiger partial charge in [-0.2, -0.15) is 0 Å². The number of fused-ring (bicyclic) bond motifs is 9. The van der Waals surface area contributed by atoms with Crippen LogP contribution in [0.1, 0.15) is 45.2 Å². The van der Waals surface area contributed by atoms with Gasteiger partial charge in [0, 0.05) is 46.3 Å². The van der Waals surface area contributed by atoms with E-state index in [0.717, 1.165) is 0 Å². The lowest BCUT2D eigenvalue weighted by molar-refractivity contribution is 0.982. The Morgan fingerprint density at radius 2 is 0.961 bits per heavy atom. The summed E-state index contributed by atoms with van der Waals surface area (Å²) in [7, 11) is 0. The molecule has 9 aromatic rings. The monoisotopic (exact) mass is 648 g/mol. The predicted octanol–water partition coefficient (Wildman–Crippen LogP) is 12.2. The summed E-state index contributed by atoms with van der Waals surface area (Å²) >= 11 is 0. The molecule has 0 radical (unpaired) electrons. The number of hydrogen-bond acceptors (Lipinski definition) is 1. The first-order valence-electron chi connectivity index (χ1n) is 17.8. The molecule has 2 nitrogen and oxygen atoms in total. The van der Waals surface area contributed by atoms with E-state index in [1.807, 2.05) is 12.4 Å². The zero-order valence-corrected chi connectivity index (χ0v) is 27.9. The fourth-order valence-electron chi connectivity index (χ4n) is 9.03. The van der Waals surface area contributed by atoms with Crippen molar-refractivity contribution in [2.75, 3.05) is 0 Å². The van der Waals surface area contributed by atoms with E-state index in [4.69, 9.17) is 0 Å². The Kier molecular flexibility index (Phi) is 6.11. The number of nitrogens with zero attached hydrogens (tertiary/aromatic N) is 2. The van der Waals surface area contributed by atoms with Gasteiger partial charge in [0.1, 0.15) is 0 Å². The molecule has 51 heavy (non-hydrogen) atoms. The van der Waals surface area contributed by atoms with Gasteiger partial charge in [-0.25, -0.2) is 0 Å². The summed E-state index contributed by atoms with van der Waals surface area (Å²) in [6, 6.07) is 62.8. The first-order valence-corrected chi connectivity index (χ1v) is 17.8. The van der Waals surface area contributed by atoms with Gasteiger partial charge in [-0.1, -0.05) is 133 Å². The summed E-state index contributed by atoms with van der Waals surface area (Å²) in [5.41, 5.74) is 19.3. The molecule has 7 aromatic carbocycles. The van der Waals surface area contributed by atoms with Crippen molar-refractivity contribution in [2.24, 2.45) is 0 Å². The molecular formula is C49H32N2. The Balaban J connectivity index is 1.00. The quantitative estimate of drug-likeness (QED) is 0.186. The number of benzene rings is 7. The molecule has 0 N–H and O–H groups in total. The Bertz CT molecular complexity index is 2750. The Morgan fingerprint density at radius 1 is 0.392 bits per heavy atom. The van der Waals surface area contributed by atoms with Gasteiger partial charge in [0.2, 0.25) is 0 Å². The molecule has 238 valence electrons. The maximum absolute atomic E-state index is 4.55. The van der Waals surface area contributed by atoms with Crippen molar-refractivity contribution >= 4 is 21.8 Å². The van der Waals surface area contributed by atoms with Crippen molar-refractivity contribution in [1.82, 2.24) is 9.55 Å². The third kappa shape index (κ3) is 4.20. The Hall–Kier alpha value is -6.51. The number of para-hydroxylation sites is 2. The van der Waals surface area contributed by atoms with E-state index in [1.54, 1.807) is 0 Å². The third-order valence-corrected chi connectivity index (χ3v) is 11.3. The maximum Gasteiger partial charge on any atom is 0.0541 e. The maximum atomic E-state index is 4.55.